The monoisotopic (exact) mass is 537 g/mol. The van der Waals surface area contributed by atoms with Crippen LogP contribution in [0.3, 0.4) is 0 Å². The first-order valence-electron chi connectivity index (χ1n) is 14.1. The van der Waals surface area contributed by atoms with Gasteiger partial charge >= 0.3 is 0 Å². The summed E-state index contributed by atoms with van der Waals surface area (Å²) in [5.41, 5.74) is 8.45. The van der Waals surface area contributed by atoms with Gasteiger partial charge in [-0.2, -0.15) is 0 Å². The number of nitrogens with zero attached hydrogens (tertiary/aromatic N) is 3. The van der Waals surface area contributed by atoms with Gasteiger partial charge in [0.05, 0.1) is 11.0 Å². The van der Waals surface area contributed by atoms with Crippen molar-refractivity contribution in [3.63, 3.8) is 0 Å². The minimum atomic E-state index is 0.679. The lowest BCUT2D eigenvalue weighted by Gasteiger charge is -2.09. The molecule has 0 unspecified atom stereocenters. The fourth-order valence-electron chi connectivity index (χ4n) is 6.21. The van der Waals surface area contributed by atoms with Crippen LogP contribution < -0.4 is 0 Å². The van der Waals surface area contributed by atoms with Crippen LogP contribution in [-0.4, -0.2) is 14.5 Å². The maximum Gasteiger partial charge on any atom is 0.180 e. The molecule has 0 aliphatic carbocycles. The molecular weight excluding hydrogens is 514 g/mol. The van der Waals surface area contributed by atoms with Crippen LogP contribution in [0.4, 0.5) is 0 Å². The molecule has 0 bridgehead atoms. The number of hydrogen-bond acceptors (Lipinski definition) is 3. The van der Waals surface area contributed by atoms with E-state index in [0.717, 1.165) is 39.0 Å². The Bertz CT molecular complexity index is 2460. The molecule has 0 amide bonds. The molecule has 0 aliphatic rings. The molecule has 0 saturated heterocycles. The molecule has 0 N–H and O–H groups in total. The van der Waals surface area contributed by atoms with Gasteiger partial charge < -0.3 is 8.98 Å². The summed E-state index contributed by atoms with van der Waals surface area (Å²) < 4.78 is 8.85. The van der Waals surface area contributed by atoms with Crippen molar-refractivity contribution in [1.82, 2.24) is 14.5 Å². The maximum absolute atomic E-state index is 6.50. The molecule has 9 aromatic rings. The molecule has 0 fully saturated rings. The predicted molar refractivity (Wildman–Crippen MR) is 172 cm³/mol. The van der Waals surface area contributed by atoms with E-state index in [4.69, 9.17) is 14.4 Å². The highest BCUT2D eigenvalue weighted by molar-refractivity contribution is 6.14. The second-order valence-electron chi connectivity index (χ2n) is 10.7. The second kappa shape index (κ2) is 8.88. The molecule has 9 rings (SSSR count). The van der Waals surface area contributed by atoms with Crippen molar-refractivity contribution in [2.45, 2.75) is 0 Å². The highest BCUT2D eigenvalue weighted by Crippen LogP contribution is 2.39. The lowest BCUT2D eigenvalue weighted by atomic mass is 10.1. The molecule has 4 nitrogen and oxygen atoms in total. The molecule has 0 atom stereocenters. The molecule has 4 heteroatoms. The van der Waals surface area contributed by atoms with Crippen LogP contribution in [0.5, 0.6) is 0 Å². The first-order chi connectivity index (χ1) is 20.8. The average Bonchev–Trinajstić information content (AvgIpc) is 3.59. The summed E-state index contributed by atoms with van der Waals surface area (Å²) in [5, 5.41) is 5.89. The van der Waals surface area contributed by atoms with Crippen LogP contribution in [0.25, 0.3) is 83.0 Å². The number of furan rings is 1. The highest BCUT2D eigenvalue weighted by Gasteiger charge is 2.20. The minimum absolute atomic E-state index is 0.679. The molecule has 3 heterocycles. The number of para-hydroxylation sites is 1. The Morgan fingerprint density at radius 2 is 1.19 bits per heavy atom. The summed E-state index contributed by atoms with van der Waals surface area (Å²) in [6.07, 6.45) is 0. The normalized spacial score (nSPS) is 11.8. The van der Waals surface area contributed by atoms with Gasteiger partial charge in [0.15, 0.2) is 11.4 Å². The lowest BCUT2D eigenvalue weighted by Crippen LogP contribution is -1.95. The molecule has 0 aliphatic heterocycles. The zero-order valence-corrected chi connectivity index (χ0v) is 22.5. The SMILES string of the molecule is c1ccc(-c2nc(-c3ccccc3)c3oc4ccc(-n5c6ccccc6c6cc7ccccc7cc65)cc4c3n2)cc1. The van der Waals surface area contributed by atoms with E-state index in [2.05, 4.69) is 95.6 Å². The summed E-state index contributed by atoms with van der Waals surface area (Å²) in [6, 6.07) is 48.5. The van der Waals surface area contributed by atoms with Crippen molar-refractivity contribution in [2.75, 3.05) is 0 Å². The Labute approximate surface area is 241 Å². The van der Waals surface area contributed by atoms with Crippen molar-refractivity contribution >= 4 is 54.6 Å². The van der Waals surface area contributed by atoms with Gasteiger partial charge in [0.1, 0.15) is 16.8 Å². The van der Waals surface area contributed by atoms with Crippen LogP contribution >= 0.6 is 0 Å². The Balaban J connectivity index is 1.36. The predicted octanol–water partition coefficient (Wildman–Crippen LogP) is 9.96. The average molecular weight is 538 g/mol. The van der Waals surface area contributed by atoms with Crippen molar-refractivity contribution in [1.29, 1.82) is 0 Å². The van der Waals surface area contributed by atoms with Gasteiger partial charge in [-0.15, -0.1) is 0 Å². The van der Waals surface area contributed by atoms with Crippen molar-refractivity contribution in [3.8, 4) is 28.3 Å². The first kappa shape index (κ1) is 23.0. The van der Waals surface area contributed by atoms with Gasteiger partial charge in [-0.25, -0.2) is 9.97 Å². The van der Waals surface area contributed by atoms with Crippen LogP contribution in [0.15, 0.2) is 144 Å². The summed E-state index contributed by atoms with van der Waals surface area (Å²) in [4.78, 5) is 10.1. The molecular formula is C38H23N3O. The first-order valence-corrected chi connectivity index (χ1v) is 14.1. The highest BCUT2D eigenvalue weighted by atomic mass is 16.3. The van der Waals surface area contributed by atoms with E-state index in [-0.39, 0.29) is 0 Å². The second-order valence-corrected chi connectivity index (χ2v) is 10.7. The fraction of sp³-hybridized carbons (Fsp3) is 0. The van der Waals surface area contributed by atoms with E-state index < -0.39 is 0 Å². The molecule has 196 valence electrons. The molecule has 0 radical (unpaired) electrons. The number of aromatic nitrogens is 3. The lowest BCUT2D eigenvalue weighted by molar-refractivity contribution is 0.667. The van der Waals surface area contributed by atoms with Gasteiger partial charge in [0.2, 0.25) is 0 Å². The number of fused-ring (bicyclic) bond motifs is 7. The third-order valence-electron chi connectivity index (χ3n) is 8.17. The Hall–Kier alpha value is -5.74. The van der Waals surface area contributed by atoms with Crippen LogP contribution in [0.1, 0.15) is 0 Å². The zero-order chi connectivity index (χ0) is 27.6. The summed E-state index contributed by atoms with van der Waals surface area (Å²) >= 11 is 0. The van der Waals surface area contributed by atoms with Crippen molar-refractivity contribution in [3.05, 3.63) is 140 Å². The smallest absolute Gasteiger partial charge is 0.180 e. The standard InChI is InChI=1S/C38H23N3O/c1-3-11-24(12-4-1)35-37-36(40-38(39-35)25-13-5-2-6-14-25)31-23-28(19-20-34(31)42-37)41-32-18-10-9-17-29(32)30-21-26-15-7-8-16-27(26)22-33(30)41/h1-23H. The van der Waals surface area contributed by atoms with Gasteiger partial charge in [0.25, 0.3) is 0 Å². The van der Waals surface area contributed by atoms with E-state index in [1.165, 1.54) is 32.6 Å². The quantitative estimate of drug-likeness (QED) is 0.225. The molecule has 6 aromatic carbocycles. The Morgan fingerprint density at radius 1 is 0.500 bits per heavy atom. The van der Waals surface area contributed by atoms with Gasteiger partial charge in [-0.3, -0.25) is 0 Å². The largest absolute Gasteiger partial charge is 0.452 e. The summed E-state index contributed by atoms with van der Waals surface area (Å²) in [7, 11) is 0. The van der Waals surface area contributed by atoms with Gasteiger partial charge in [-0.1, -0.05) is 103 Å². The fourth-order valence-corrected chi connectivity index (χ4v) is 6.21. The molecule has 42 heavy (non-hydrogen) atoms. The Morgan fingerprint density at radius 3 is 2.00 bits per heavy atom. The number of benzene rings is 6. The van der Waals surface area contributed by atoms with E-state index in [0.29, 0.717) is 11.4 Å². The van der Waals surface area contributed by atoms with E-state index >= 15 is 0 Å². The van der Waals surface area contributed by atoms with E-state index in [1.54, 1.807) is 0 Å². The molecule has 0 saturated carbocycles. The third kappa shape index (κ3) is 3.42. The molecule has 0 spiro atoms. The van der Waals surface area contributed by atoms with Crippen molar-refractivity contribution < 1.29 is 4.42 Å². The van der Waals surface area contributed by atoms with Gasteiger partial charge in [0, 0.05) is 33.0 Å². The van der Waals surface area contributed by atoms with Crippen LogP contribution in [-0.2, 0) is 0 Å². The number of rotatable bonds is 3. The third-order valence-corrected chi connectivity index (χ3v) is 8.17. The van der Waals surface area contributed by atoms with E-state index in [1.807, 2.05) is 48.5 Å². The minimum Gasteiger partial charge on any atom is -0.452 e. The van der Waals surface area contributed by atoms with Crippen LogP contribution in [0.2, 0.25) is 0 Å². The maximum atomic E-state index is 6.50. The van der Waals surface area contributed by atoms with Gasteiger partial charge in [-0.05, 0) is 47.2 Å². The van der Waals surface area contributed by atoms with Crippen molar-refractivity contribution in [2.24, 2.45) is 0 Å². The summed E-state index contributed by atoms with van der Waals surface area (Å²) in [6.45, 7) is 0. The Kier molecular flexibility index (Phi) is 4.87. The molecule has 3 aromatic heterocycles. The number of hydrogen-bond donors (Lipinski definition) is 0. The topological polar surface area (TPSA) is 43.9 Å². The summed E-state index contributed by atoms with van der Waals surface area (Å²) in [5.74, 6) is 0.679. The van der Waals surface area contributed by atoms with Crippen LogP contribution in [0, 0.1) is 0 Å². The zero-order valence-electron chi connectivity index (χ0n) is 22.5. The van der Waals surface area contributed by atoms with E-state index in [9.17, 15) is 0 Å².